The molecular weight excluding hydrogens is 269 g/mol. The van der Waals surface area contributed by atoms with Gasteiger partial charge in [-0.25, -0.2) is 4.98 Å². The van der Waals surface area contributed by atoms with E-state index in [4.69, 9.17) is 16.3 Å². The quantitative estimate of drug-likeness (QED) is 0.903. The van der Waals surface area contributed by atoms with E-state index < -0.39 is 5.82 Å². The van der Waals surface area contributed by atoms with Gasteiger partial charge in [0.15, 0.2) is 0 Å². The molecule has 0 unspecified atom stereocenters. The highest BCUT2D eigenvalue weighted by Gasteiger charge is 2.09. The predicted molar refractivity (Wildman–Crippen MR) is 72.3 cm³/mol. The van der Waals surface area contributed by atoms with Gasteiger partial charge in [-0.15, -0.1) is 0 Å². The molecule has 0 amide bonds. The number of rotatable bonds is 5. The van der Waals surface area contributed by atoms with Crippen molar-refractivity contribution in [3.05, 3.63) is 41.3 Å². The molecule has 0 radical (unpaired) electrons. The highest BCUT2D eigenvalue weighted by Crippen LogP contribution is 2.25. The first-order valence-corrected chi connectivity index (χ1v) is 6.26. The minimum absolute atomic E-state index is 0.129. The fraction of sp³-hybridized carbons (Fsp3) is 0.231. The monoisotopic (exact) mass is 281 g/mol. The van der Waals surface area contributed by atoms with Gasteiger partial charge in [0, 0.05) is 11.6 Å². The van der Waals surface area contributed by atoms with Crippen molar-refractivity contribution in [3.63, 3.8) is 0 Å². The summed E-state index contributed by atoms with van der Waals surface area (Å²) in [4.78, 5) is 7.80. The maximum Gasteiger partial charge on any atom is 0.260 e. The summed E-state index contributed by atoms with van der Waals surface area (Å²) in [6.45, 7) is 2.72. The number of halogens is 2. The highest BCUT2D eigenvalue weighted by atomic mass is 35.5. The van der Waals surface area contributed by atoms with Gasteiger partial charge in [0.2, 0.25) is 11.8 Å². The molecule has 0 aliphatic heterocycles. The van der Waals surface area contributed by atoms with E-state index in [0.29, 0.717) is 23.3 Å². The Labute approximate surface area is 115 Å². The minimum Gasteiger partial charge on any atom is -0.436 e. The fourth-order valence-corrected chi connectivity index (χ4v) is 1.57. The summed E-state index contributed by atoms with van der Waals surface area (Å²) >= 11 is 5.83. The van der Waals surface area contributed by atoms with Gasteiger partial charge in [0.1, 0.15) is 5.75 Å². The Morgan fingerprint density at radius 1 is 1.42 bits per heavy atom. The van der Waals surface area contributed by atoms with Crippen LogP contribution in [0.15, 0.2) is 30.5 Å². The Hall–Kier alpha value is -1.88. The molecule has 0 aliphatic carbocycles. The molecule has 0 saturated carbocycles. The third-order valence-corrected chi connectivity index (χ3v) is 2.49. The molecule has 1 aromatic heterocycles. The smallest absolute Gasteiger partial charge is 0.260 e. The van der Waals surface area contributed by atoms with E-state index in [2.05, 4.69) is 15.3 Å². The van der Waals surface area contributed by atoms with Crippen molar-refractivity contribution in [1.82, 2.24) is 9.97 Å². The molecule has 6 heteroatoms. The van der Waals surface area contributed by atoms with Crippen molar-refractivity contribution in [3.8, 4) is 11.6 Å². The summed E-state index contributed by atoms with van der Waals surface area (Å²) in [5.41, 5.74) is 0. The van der Waals surface area contributed by atoms with Crippen LogP contribution in [0.5, 0.6) is 11.6 Å². The van der Waals surface area contributed by atoms with Crippen LogP contribution >= 0.6 is 11.6 Å². The van der Waals surface area contributed by atoms with Crippen LogP contribution in [0.25, 0.3) is 0 Å². The van der Waals surface area contributed by atoms with Crippen LogP contribution in [0.1, 0.15) is 13.3 Å². The lowest BCUT2D eigenvalue weighted by atomic mass is 10.3. The molecule has 0 aliphatic rings. The standard InChI is InChI=1S/C13H13ClFN3O/c1-2-6-16-13-17-8-11(15)12(18-13)19-10-5-3-4-9(14)7-10/h3-5,7-8H,2,6H2,1H3,(H,16,17,18). The number of hydrogen-bond donors (Lipinski definition) is 1. The molecule has 0 bridgehead atoms. The molecule has 0 atom stereocenters. The Kier molecular flexibility index (Phi) is 4.52. The van der Waals surface area contributed by atoms with Gasteiger partial charge in [-0.05, 0) is 24.6 Å². The summed E-state index contributed by atoms with van der Waals surface area (Å²) in [7, 11) is 0. The molecule has 2 rings (SSSR count). The first kappa shape index (κ1) is 13.5. The van der Waals surface area contributed by atoms with Crippen molar-refractivity contribution in [2.75, 3.05) is 11.9 Å². The Morgan fingerprint density at radius 3 is 3.00 bits per heavy atom. The fourth-order valence-electron chi connectivity index (χ4n) is 1.39. The van der Waals surface area contributed by atoms with Gasteiger partial charge in [0.25, 0.3) is 5.88 Å². The molecule has 100 valence electrons. The summed E-state index contributed by atoms with van der Waals surface area (Å²) in [5, 5.41) is 3.47. The third-order valence-electron chi connectivity index (χ3n) is 2.26. The summed E-state index contributed by atoms with van der Waals surface area (Å²) in [6, 6.07) is 6.68. The zero-order chi connectivity index (χ0) is 13.7. The maximum absolute atomic E-state index is 13.6. The van der Waals surface area contributed by atoms with Crippen molar-refractivity contribution in [2.24, 2.45) is 0 Å². The number of nitrogens with zero attached hydrogens (tertiary/aromatic N) is 2. The van der Waals surface area contributed by atoms with Gasteiger partial charge >= 0.3 is 0 Å². The summed E-state index contributed by atoms with van der Waals surface area (Å²) in [6.07, 6.45) is 2.00. The van der Waals surface area contributed by atoms with E-state index in [1.807, 2.05) is 6.92 Å². The number of aromatic nitrogens is 2. The van der Waals surface area contributed by atoms with Crippen molar-refractivity contribution in [1.29, 1.82) is 0 Å². The van der Waals surface area contributed by atoms with Crippen LogP contribution in [0.3, 0.4) is 0 Å². The van der Waals surface area contributed by atoms with Gasteiger partial charge in [-0.3, -0.25) is 0 Å². The van der Waals surface area contributed by atoms with Crippen molar-refractivity contribution >= 4 is 17.5 Å². The van der Waals surface area contributed by atoms with E-state index >= 15 is 0 Å². The molecule has 4 nitrogen and oxygen atoms in total. The van der Waals surface area contributed by atoms with Gasteiger partial charge in [-0.1, -0.05) is 24.6 Å². The average molecular weight is 282 g/mol. The number of anilines is 1. The van der Waals surface area contributed by atoms with Crippen LogP contribution in [0.2, 0.25) is 5.02 Å². The van der Waals surface area contributed by atoms with E-state index in [0.717, 1.165) is 12.6 Å². The molecule has 1 heterocycles. The van der Waals surface area contributed by atoms with Crippen LogP contribution < -0.4 is 10.1 Å². The van der Waals surface area contributed by atoms with Gasteiger partial charge < -0.3 is 10.1 Å². The zero-order valence-electron chi connectivity index (χ0n) is 10.4. The van der Waals surface area contributed by atoms with Gasteiger partial charge in [0.05, 0.1) is 6.20 Å². The van der Waals surface area contributed by atoms with E-state index in [1.165, 1.54) is 0 Å². The molecule has 0 spiro atoms. The Bertz CT molecular complexity index is 565. The topological polar surface area (TPSA) is 47.0 Å². The number of nitrogens with one attached hydrogen (secondary N) is 1. The van der Waals surface area contributed by atoms with E-state index in [9.17, 15) is 4.39 Å². The Balaban J connectivity index is 2.19. The SMILES string of the molecule is CCCNc1ncc(F)c(Oc2cccc(Cl)c2)n1. The largest absolute Gasteiger partial charge is 0.436 e. The van der Waals surface area contributed by atoms with Crippen LogP contribution in [0, 0.1) is 5.82 Å². The molecule has 1 N–H and O–H groups in total. The molecule has 19 heavy (non-hydrogen) atoms. The predicted octanol–water partition coefficient (Wildman–Crippen LogP) is 3.88. The van der Waals surface area contributed by atoms with Crippen molar-refractivity contribution in [2.45, 2.75) is 13.3 Å². The first-order valence-electron chi connectivity index (χ1n) is 5.89. The minimum atomic E-state index is -0.623. The molecule has 2 aromatic rings. The summed E-state index contributed by atoms with van der Waals surface area (Å²) < 4.78 is 18.9. The van der Waals surface area contributed by atoms with Crippen molar-refractivity contribution < 1.29 is 9.13 Å². The van der Waals surface area contributed by atoms with Gasteiger partial charge in [-0.2, -0.15) is 9.37 Å². The molecule has 0 saturated heterocycles. The third kappa shape index (κ3) is 3.79. The lowest BCUT2D eigenvalue weighted by Gasteiger charge is -2.08. The zero-order valence-corrected chi connectivity index (χ0v) is 11.1. The molecule has 0 fully saturated rings. The molecule has 1 aromatic carbocycles. The second-order valence-electron chi connectivity index (χ2n) is 3.83. The summed E-state index contributed by atoms with van der Waals surface area (Å²) in [5.74, 6) is 0.00436. The number of ether oxygens (including phenoxy) is 1. The van der Waals surface area contributed by atoms with E-state index in [-0.39, 0.29) is 5.88 Å². The second kappa shape index (κ2) is 6.33. The highest BCUT2D eigenvalue weighted by molar-refractivity contribution is 6.30. The number of hydrogen-bond acceptors (Lipinski definition) is 4. The van der Waals surface area contributed by atoms with Crippen LogP contribution in [-0.4, -0.2) is 16.5 Å². The number of benzene rings is 1. The Morgan fingerprint density at radius 2 is 2.26 bits per heavy atom. The second-order valence-corrected chi connectivity index (χ2v) is 4.27. The van der Waals surface area contributed by atoms with E-state index in [1.54, 1.807) is 24.3 Å². The molecular formula is C13H13ClFN3O. The maximum atomic E-state index is 13.6. The lowest BCUT2D eigenvalue weighted by molar-refractivity contribution is 0.420. The lowest BCUT2D eigenvalue weighted by Crippen LogP contribution is -2.05. The van der Waals surface area contributed by atoms with Crippen LogP contribution in [0.4, 0.5) is 10.3 Å². The average Bonchev–Trinajstić information content (AvgIpc) is 2.40. The van der Waals surface area contributed by atoms with Crippen LogP contribution in [-0.2, 0) is 0 Å². The normalized spacial score (nSPS) is 10.3. The first-order chi connectivity index (χ1) is 9.19.